The van der Waals surface area contributed by atoms with Crippen molar-refractivity contribution in [2.75, 3.05) is 27.2 Å². The van der Waals surface area contributed by atoms with Crippen molar-refractivity contribution in [2.45, 2.75) is 19.9 Å². The van der Waals surface area contributed by atoms with Crippen LogP contribution >= 0.6 is 11.3 Å². The molecule has 0 radical (unpaired) electrons. The molecule has 0 saturated carbocycles. The normalized spacial score (nSPS) is 11.0. The lowest BCUT2D eigenvalue weighted by Gasteiger charge is -2.10. The van der Waals surface area contributed by atoms with Crippen molar-refractivity contribution < 1.29 is 9.53 Å². The number of nitrogens with zero attached hydrogens (tertiary/aromatic N) is 4. The topological polar surface area (TPSA) is 60.2 Å². The van der Waals surface area contributed by atoms with Crippen LogP contribution < -0.4 is 0 Å². The van der Waals surface area contributed by atoms with E-state index in [0.29, 0.717) is 12.3 Å². The second-order valence-corrected chi connectivity index (χ2v) is 5.81. The first kappa shape index (κ1) is 15.7. The van der Waals surface area contributed by atoms with Gasteiger partial charge >= 0.3 is 5.97 Å². The van der Waals surface area contributed by atoms with Crippen LogP contribution in [0.1, 0.15) is 23.8 Å². The van der Waals surface area contributed by atoms with Gasteiger partial charge in [0.1, 0.15) is 5.69 Å². The Morgan fingerprint density at radius 2 is 2.29 bits per heavy atom. The SMILES string of the molecule is CCOC(=O)c1nnn(CCCN(C)C)c1-c1cccs1. The fraction of sp³-hybridized carbons (Fsp3) is 0.500. The highest BCUT2D eigenvalue weighted by atomic mass is 32.1. The van der Waals surface area contributed by atoms with Crippen LogP contribution in [0.3, 0.4) is 0 Å². The molecule has 0 aliphatic carbocycles. The average molecular weight is 308 g/mol. The molecule has 2 aromatic heterocycles. The van der Waals surface area contributed by atoms with Crippen molar-refractivity contribution in [1.82, 2.24) is 19.9 Å². The molecule has 0 aromatic carbocycles. The minimum Gasteiger partial charge on any atom is -0.461 e. The summed E-state index contributed by atoms with van der Waals surface area (Å²) >= 11 is 1.57. The zero-order chi connectivity index (χ0) is 15.2. The molecule has 7 heteroatoms. The van der Waals surface area contributed by atoms with Crippen molar-refractivity contribution >= 4 is 17.3 Å². The van der Waals surface area contributed by atoms with Crippen LogP contribution in [-0.2, 0) is 11.3 Å². The lowest BCUT2D eigenvalue weighted by atomic mass is 10.2. The van der Waals surface area contributed by atoms with E-state index >= 15 is 0 Å². The summed E-state index contributed by atoms with van der Waals surface area (Å²) in [6.07, 6.45) is 0.941. The van der Waals surface area contributed by atoms with Gasteiger partial charge in [0.25, 0.3) is 0 Å². The van der Waals surface area contributed by atoms with Gasteiger partial charge in [0.15, 0.2) is 5.69 Å². The molecule has 0 spiro atoms. The maximum Gasteiger partial charge on any atom is 0.361 e. The van der Waals surface area contributed by atoms with Gasteiger partial charge in [0, 0.05) is 6.54 Å². The van der Waals surface area contributed by atoms with E-state index in [1.807, 2.05) is 31.6 Å². The van der Waals surface area contributed by atoms with E-state index < -0.39 is 5.97 Å². The molecular formula is C14H20N4O2S. The van der Waals surface area contributed by atoms with Gasteiger partial charge in [-0.3, -0.25) is 0 Å². The first-order valence-corrected chi connectivity index (χ1v) is 7.80. The standard InChI is InChI=1S/C14H20N4O2S/c1-4-20-14(19)12-13(11-7-5-10-21-11)18(16-15-12)9-6-8-17(2)3/h5,7,10H,4,6,8-9H2,1-3H3. The molecule has 114 valence electrons. The van der Waals surface area contributed by atoms with Crippen LogP contribution in [0.25, 0.3) is 10.6 Å². The zero-order valence-electron chi connectivity index (χ0n) is 12.6. The summed E-state index contributed by atoms with van der Waals surface area (Å²) in [7, 11) is 4.07. The Labute approximate surface area is 128 Å². The quantitative estimate of drug-likeness (QED) is 0.733. The summed E-state index contributed by atoms with van der Waals surface area (Å²) < 4.78 is 6.86. The van der Waals surface area contributed by atoms with Crippen molar-refractivity contribution in [1.29, 1.82) is 0 Å². The summed E-state index contributed by atoms with van der Waals surface area (Å²) in [6, 6.07) is 3.92. The van der Waals surface area contributed by atoms with E-state index in [4.69, 9.17) is 4.74 Å². The minimum absolute atomic E-state index is 0.296. The second-order valence-electron chi connectivity index (χ2n) is 4.86. The molecule has 0 saturated heterocycles. The first-order chi connectivity index (χ1) is 10.1. The average Bonchev–Trinajstić information content (AvgIpc) is 3.06. The lowest BCUT2D eigenvalue weighted by molar-refractivity contribution is 0.0520. The first-order valence-electron chi connectivity index (χ1n) is 6.92. The number of carbonyl (C=O) groups is 1. The fourth-order valence-electron chi connectivity index (χ4n) is 2.00. The van der Waals surface area contributed by atoms with Crippen molar-refractivity contribution in [3.63, 3.8) is 0 Å². The van der Waals surface area contributed by atoms with Gasteiger partial charge in [-0.05, 0) is 45.4 Å². The van der Waals surface area contributed by atoms with Gasteiger partial charge in [-0.1, -0.05) is 11.3 Å². The summed E-state index contributed by atoms with van der Waals surface area (Å²) in [5, 5.41) is 10.1. The molecule has 0 aliphatic heterocycles. The molecule has 6 nitrogen and oxygen atoms in total. The van der Waals surface area contributed by atoms with E-state index in [1.165, 1.54) is 0 Å². The Kier molecular flexibility index (Phi) is 5.46. The molecule has 2 heterocycles. The number of thiophene rings is 1. The third kappa shape index (κ3) is 3.89. The Hall–Kier alpha value is -1.73. The maximum atomic E-state index is 12.0. The molecular weight excluding hydrogens is 288 g/mol. The summed E-state index contributed by atoms with van der Waals surface area (Å²) in [6.45, 7) is 3.79. The van der Waals surface area contributed by atoms with Gasteiger partial charge < -0.3 is 9.64 Å². The molecule has 2 aromatic rings. The van der Waals surface area contributed by atoms with E-state index in [-0.39, 0.29) is 0 Å². The molecule has 0 fully saturated rings. The number of esters is 1. The van der Waals surface area contributed by atoms with Gasteiger partial charge in [0.05, 0.1) is 11.5 Å². The molecule has 2 rings (SSSR count). The number of carbonyl (C=O) groups excluding carboxylic acids is 1. The highest BCUT2D eigenvalue weighted by molar-refractivity contribution is 7.13. The number of ether oxygens (including phenoxy) is 1. The summed E-state index contributed by atoms with van der Waals surface area (Å²) in [4.78, 5) is 15.1. The van der Waals surface area contributed by atoms with Crippen LogP contribution in [0, 0.1) is 0 Å². The molecule has 21 heavy (non-hydrogen) atoms. The second kappa shape index (κ2) is 7.33. The van der Waals surface area contributed by atoms with Crippen molar-refractivity contribution in [2.24, 2.45) is 0 Å². The Balaban J connectivity index is 2.26. The van der Waals surface area contributed by atoms with Gasteiger partial charge in [-0.25, -0.2) is 9.48 Å². The van der Waals surface area contributed by atoms with E-state index in [9.17, 15) is 4.79 Å². The van der Waals surface area contributed by atoms with Crippen LogP contribution in [0.2, 0.25) is 0 Å². The highest BCUT2D eigenvalue weighted by Gasteiger charge is 2.22. The molecule has 0 N–H and O–H groups in total. The molecule has 0 unspecified atom stereocenters. The number of rotatable bonds is 7. The maximum absolute atomic E-state index is 12.0. The van der Waals surface area contributed by atoms with Gasteiger partial charge in [-0.15, -0.1) is 16.4 Å². The fourth-order valence-corrected chi connectivity index (χ4v) is 2.77. The zero-order valence-corrected chi connectivity index (χ0v) is 13.4. The largest absolute Gasteiger partial charge is 0.461 e. The molecule has 0 amide bonds. The van der Waals surface area contributed by atoms with Crippen LogP contribution in [0.15, 0.2) is 17.5 Å². The number of hydrogen-bond donors (Lipinski definition) is 0. The van der Waals surface area contributed by atoms with Gasteiger partial charge in [-0.2, -0.15) is 0 Å². The molecule has 0 atom stereocenters. The van der Waals surface area contributed by atoms with E-state index in [0.717, 1.165) is 30.1 Å². The Morgan fingerprint density at radius 1 is 1.48 bits per heavy atom. The predicted octanol–water partition coefficient (Wildman–Crippen LogP) is 2.13. The van der Waals surface area contributed by atoms with E-state index in [1.54, 1.807) is 22.9 Å². The predicted molar refractivity (Wildman–Crippen MR) is 82.5 cm³/mol. The lowest BCUT2D eigenvalue weighted by Crippen LogP contribution is -2.16. The highest BCUT2D eigenvalue weighted by Crippen LogP contribution is 2.27. The molecule has 0 bridgehead atoms. The van der Waals surface area contributed by atoms with E-state index in [2.05, 4.69) is 15.2 Å². The monoisotopic (exact) mass is 308 g/mol. The van der Waals surface area contributed by atoms with Crippen molar-refractivity contribution in [3.05, 3.63) is 23.2 Å². The summed E-state index contributed by atoms with van der Waals surface area (Å²) in [5.74, 6) is -0.417. The minimum atomic E-state index is -0.417. The number of hydrogen-bond acceptors (Lipinski definition) is 6. The molecule has 0 aliphatic rings. The smallest absolute Gasteiger partial charge is 0.361 e. The number of aryl methyl sites for hydroxylation is 1. The van der Waals surface area contributed by atoms with Crippen molar-refractivity contribution in [3.8, 4) is 10.6 Å². The Bertz CT molecular complexity index is 578. The van der Waals surface area contributed by atoms with Crippen LogP contribution in [-0.4, -0.2) is 53.1 Å². The van der Waals surface area contributed by atoms with Gasteiger partial charge in [0.2, 0.25) is 0 Å². The third-order valence-corrected chi connectivity index (χ3v) is 3.81. The number of aromatic nitrogens is 3. The van der Waals surface area contributed by atoms with Crippen LogP contribution in [0.4, 0.5) is 0 Å². The van der Waals surface area contributed by atoms with Crippen LogP contribution in [0.5, 0.6) is 0 Å². The third-order valence-electron chi connectivity index (χ3n) is 2.93. The summed E-state index contributed by atoms with van der Waals surface area (Å²) in [5.41, 5.74) is 1.05. The Morgan fingerprint density at radius 3 is 2.90 bits per heavy atom.